The number of rotatable bonds is 2. The molecule has 1 heterocycles. The Morgan fingerprint density at radius 2 is 1.95 bits per heavy atom. The molecule has 100 valence electrons. The number of aromatic nitrogens is 2. The van der Waals surface area contributed by atoms with E-state index in [1.54, 1.807) is 24.5 Å². The number of halogens is 2. The van der Waals surface area contributed by atoms with Gasteiger partial charge in [-0.15, -0.1) is 0 Å². The van der Waals surface area contributed by atoms with Crippen molar-refractivity contribution in [2.24, 2.45) is 0 Å². The summed E-state index contributed by atoms with van der Waals surface area (Å²) in [6.07, 6.45) is 1.68. The zero-order valence-corrected chi connectivity index (χ0v) is 13.2. The molecule has 0 aliphatic heterocycles. The Hall–Kier alpha value is -1.66. The van der Waals surface area contributed by atoms with Crippen molar-refractivity contribution < 1.29 is 9.90 Å². The van der Waals surface area contributed by atoms with Gasteiger partial charge in [0.05, 0.1) is 22.3 Å². The molecule has 0 fully saturated rings. The zero-order valence-electron chi connectivity index (χ0n) is 10.0. The van der Waals surface area contributed by atoms with E-state index in [4.69, 9.17) is 5.11 Å². The Kier molecular flexibility index (Phi) is 3.35. The van der Waals surface area contributed by atoms with Gasteiger partial charge in [-0.3, -0.25) is 4.57 Å². The second-order valence-electron chi connectivity index (χ2n) is 4.22. The third kappa shape index (κ3) is 2.25. The van der Waals surface area contributed by atoms with Crippen LogP contribution in [0.2, 0.25) is 0 Å². The molecule has 1 aromatic heterocycles. The Morgan fingerprint density at radius 3 is 2.65 bits per heavy atom. The molecule has 0 amide bonds. The highest BCUT2D eigenvalue weighted by molar-refractivity contribution is 9.11. The van der Waals surface area contributed by atoms with Gasteiger partial charge in [-0.2, -0.15) is 0 Å². The largest absolute Gasteiger partial charge is 0.478 e. The highest BCUT2D eigenvalue weighted by Gasteiger charge is 2.10. The van der Waals surface area contributed by atoms with Gasteiger partial charge in [0.1, 0.15) is 6.33 Å². The second-order valence-corrected chi connectivity index (χ2v) is 5.99. The molecule has 6 heteroatoms. The Labute approximate surface area is 131 Å². The SMILES string of the molecule is O=C(O)c1ccc2c(c1)ncn2-c1ccc(Br)cc1Br. The van der Waals surface area contributed by atoms with Crippen LogP contribution < -0.4 is 0 Å². The van der Waals surface area contributed by atoms with Gasteiger partial charge in [0.25, 0.3) is 0 Å². The van der Waals surface area contributed by atoms with Crippen molar-refractivity contribution in [2.45, 2.75) is 0 Å². The van der Waals surface area contributed by atoms with Crippen LogP contribution >= 0.6 is 31.9 Å². The van der Waals surface area contributed by atoms with Gasteiger partial charge in [-0.05, 0) is 52.3 Å². The van der Waals surface area contributed by atoms with Crippen molar-refractivity contribution in [3.05, 3.63) is 57.2 Å². The van der Waals surface area contributed by atoms with Gasteiger partial charge in [-0.25, -0.2) is 9.78 Å². The van der Waals surface area contributed by atoms with Crippen molar-refractivity contribution in [3.8, 4) is 5.69 Å². The van der Waals surface area contributed by atoms with Crippen molar-refractivity contribution in [3.63, 3.8) is 0 Å². The van der Waals surface area contributed by atoms with E-state index in [2.05, 4.69) is 36.8 Å². The van der Waals surface area contributed by atoms with Gasteiger partial charge in [0.2, 0.25) is 0 Å². The van der Waals surface area contributed by atoms with Gasteiger partial charge in [-0.1, -0.05) is 15.9 Å². The van der Waals surface area contributed by atoms with Crippen molar-refractivity contribution in [2.75, 3.05) is 0 Å². The molecular weight excluding hydrogens is 388 g/mol. The summed E-state index contributed by atoms with van der Waals surface area (Å²) < 4.78 is 3.82. The highest BCUT2D eigenvalue weighted by Crippen LogP contribution is 2.28. The molecule has 3 rings (SSSR count). The fourth-order valence-corrected chi connectivity index (χ4v) is 3.25. The molecular formula is C14H8Br2N2O2. The number of imidazole rings is 1. The minimum atomic E-state index is -0.953. The summed E-state index contributed by atoms with van der Waals surface area (Å²) in [5.74, 6) is -0.953. The lowest BCUT2D eigenvalue weighted by atomic mass is 10.2. The van der Waals surface area contributed by atoms with Crippen LogP contribution in [-0.2, 0) is 0 Å². The predicted molar refractivity (Wildman–Crippen MR) is 83.4 cm³/mol. The van der Waals surface area contributed by atoms with Gasteiger partial charge in [0.15, 0.2) is 0 Å². The highest BCUT2D eigenvalue weighted by atomic mass is 79.9. The summed E-state index contributed by atoms with van der Waals surface area (Å²) in [6.45, 7) is 0. The van der Waals surface area contributed by atoms with Crippen LogP contribution in [0.5, 0.6) is 0 Å². The molecule has 4 nitrogen and oxygen atoms in total. The van der Waals surface area contributed by atoms with E-state index in [-0.39, 0.29) is 5.56 Å². The third-order valence-electron chi connectivity index (χ3n) is 2.96. The van der Waals surface area contributed by atoms with Crippen LogP contribution in [0.3, 0.4) is 0 Å². The summed E-state index contributed by atoms with van der Waals surface area (Å²) in [4.78, 5) is 15.2. The normalized spacial score (nSPS) is 10.9. The maximum absolute atomic E-state index is 11.0. The van der Waals surface area contributed by atoms with Crippen LogP contribution in [0.4, 0.5) is 0 Å². The van der Waals surface area contributed by atoms with Crippen LogP contribution in [-0.4, -0.2) is 20.6 Å². The van der Waals surface area contributed by atoms with E-state index in [1.807, 2.05) is 22.8 Å². The lowest BCUT2D eigenvalue weighted by Gasteiger charge is -2.07. The van der Waals surface area contributed by atoms with E-state index in [9.17, 15) is 4.79 Å². The van der Waals surface area contributed by atoms with Crippen molar-refractivity contribution >= 4 is 48.9 Å². The summed E-state index contributed by atoms with van der Waals surface area (Å²) in [6, 6.07) is 10.8. The number of aromatic carboxylic acids is 1. The average Bonchev–Trinajstić information content (AvgIpc) is 2.81. The standard InChI is InChI=1S/C14H8Br2N2O2/c15-9-2-4-12(10(16)6-9)18-7-17-11-5-8(14(19)20)1-3-13(11)18/h1-7H,(H,19,20). The molecule has 20 heavy (non-hydrogen) atoms. The second kappa shape index (κ2) is 5.03. The lowest BCUT2D eigenvalue weighted by molar-refractivity contribution is 0.0697. The smallest absolute Gasteiger partial charge is 0.335 e. The summed E-state index contributed by atoms with van der Waals surface area (Å²) in [5.41, 5.74) is 2.69. The Bertz CT molecular complexity index is 827. The molecule has 0 saturated carbocycles. The number of hydrogen-bond acceptors (Lipinski definition) is 2. The first-order valence-electron chi connectivity index (χ1n) is 5.72. The number of hydrogen-bond donors (Lipinski definition) is 1. The van der Waals surface area contributed by atoms with E-state index in [1.165, 1.54) is 0 Å². The maximum atomic E-state index is 11.0. The number of nitrogens with zero attached hydrogens (tertiary/aromatic N) is 2. The van der Waals surface area contributed by atoms with Crippen LogP contribution in [0, 0.1) is 0 Å². The summed E-state index contributed by atoms with van der Waals surface area (Å²) >= 11 is 6.93. The Morgan fingerprint density at radius 1 is 1.15 bits per heavy atom. The predicted octanol–water partition coefficient (Wildman–Crippen LogP) is 4.25. The van der Waals surface area contributed by atoms with Crippen molar-refractivity contribution in [1.29, 1.82) is 0 Å². The lowest BCUT2D eigenvalue weighted by Crippen LogP contribution is -1.96. The average molecular weight is 396 g/mol. The van der Waals surface area contributed by atoms with Crippen molar-refractivity contribution in [1.82, 2.24) is 9.55 Å². The maximum Gasteiger partial charge on any atom is 0.335 e. The number of carboxylic acid groups (broad SMARTS) is 1. The number of carboxylic acids is 1. The van der Waals surface area contributed by atoms with Crippen LogP contribution in [0.25, 0.3) is 16.7 Å². The third-order valence-corrected chi connectivity index (χ3v) is 4.09. The van der Waals surface area contributed by atoms with Crippen LogP contribution in [0.1, 0.15) is 10.4 Å². The first kappa shape index (κ1) is 13.3. The fourth-order valence-electron chi connectivity index (χ4n) is 2.01. The first-order valence-corrected chi connectivity index (χ1v) is 7.30. The van der Waals surface area contributed by atoms with Gasteiger partial charge >= 0.3 is 5.97 Å². The number of benzene rings is 2. The molecule has 0 unspecified atom stereocenters. The summed E-state index contributed by atoms with van der Waals surface area (Å²) in [5, 5.41) is 9.00. The minimum Gasteiger partial charge on any atom is -0.478 e. The van der Waals surface area contributed by atoms with Crippen LogP contribution in [0.15, 0.2) is 51.7 Å². The topological polar surface area (TPSA) is 55.1 Å². The fraction of sp³-hybridized carbons (Fsp3) is 0. The van der Waals surface area contributed by atoms with E-state index in [0.29, 0.717) is 5.52 Å². The van der Waals surface area contributed by atoms with E-state index in [0.717, 1.165) is 20.1 Å². The van der Waals surface area contributed by atoms with E-state index < -0.39 is 5.97 Å². The molecule has 0 spiro atoms. The molecule has 3 aromatic rings. The monoisotopic (exact) mass is 394 g/mol. The molecule has 0 bridgehead atoms. The molecule has 0 radical (unpaired) electrons. The molecule has 0 saturated heterocycles. The molecule has 0 aliphatic rings. The first-order chi connectivity index (χ1) is 9.56. The Balaban J connectivity index is 2.20. The minimum absolute atomic E-state index is 0.234. The molecule has 0 aliphatic carbocycles. The van der Waals surface area contributed by atoms with Gasteiger partial charge in [0, 0.05) is 8.95 Å². The van der Waals surface area contributed by atoms with Gasteiger partial charge < -0.3 is 5.11 Å². The number of fused-ring (bicyclic) bond motifs is 1. The molecule has 2 aromatic carbocycles. The molecule has 1 N–H and O–H groups in total. The van der Waals surface area contributed by atoms with E-state index >= 15 is 0 Å². The molecule has 0 atom stereocenters. The summed E-state index contributed by atoms with van der Waals surface area (Å²) in [7, 11) is 0. The quantitative estimate of drug-likeness (QED) is 0.705. The number of carbonyl (C=O) groups is 1. The zero-order chi connectivity index (χ0) is 14.3.